The number of nitrogens with zero attached hydrogens (tertiary/aromatic N) is 5. The summed E-state index contributed by atoms with van der Waals surface area (Å²) in [5, 5.41) is 1.19. The molecule has 2 aromatic rings. The molecule has 5 heterocycles. The standard InChI is InChI=1S/C23H30N6OS/c1-27-9-7-24-17-18(16-22(27)29-10-13-30-14-11-29)28-8-4-21(31-15-12-28)19-2-5-25-23-20(19)3-6-26-23/h2-7,16,22H,8-15,17H2,1H3,(H,25,26)/b18-16+,24-7?. The highest BCUT2D eigenvalue weighted by Gasteiger charge is 2.25. The fraction of sp³-hybridized carbons (Fsp3) is 0.478. The molecule has 3 aliphatic rings. The third-order valence-electron chi connectivity index (χ3n) is 6.21. The van der Waals surface area contributed by atoms with E-state index in [2.05, 4.69) is 62.2 Å². The lowest BCUT2D eigenvalue weighted by Crippen LogP contribution is -2.51. The molecule has 1 N–H and O–H groups in total. The van der Waals surface area contributed by atoms with Gasteiger partial charge in [0.15, 0.2) is 0 Å². The smallest absolute Gasteiger partial charge is 0.137 e. The van der Waals surface area contributed by atoms with Crippen LogP contribution in [0.3, 0.4) is 0 Å². The fourth-order valence-corrected chi connectivity index (χ4v) is 5.53. The van der Waals surface area contributed by atoms with Gasteiger partial charge in [0, 0.05) is 78.6 Å². The van der Waals surface area contributed by atoms with Crippen molar-refractivity contribution in [2.24, 2.45) is 4.99 Å². The van der Waals surface area contributed by atoms with Crippen molar-refractivity contribution in [1.29, 1.82) is 0 Å². The van der Waals surface area contributed by atoms with Gasteiger partial charge in [-0.2, -0.15) is 0 Å². The molecule has 7 nitrogen and oxygen atoms in total. The number of rotatable bonds is 3. The number of ether oxygens (including phenoxy) is 1. The second-order valence-electron chi connectivity index (χ2n) is 8.14. The molecule has 3 aliphatic heterocycles. The lowest BCUT2D eigenvalue weighted by Gasteiger charge is -2.39. The monoisotopic (exact) mass is 438 g/mol. The summed E-state index contributed by atoms with van der Waals surface area (Å²) in [6.07, 6.45) is 11.0. The van der Waals surface area contributed by atoms with Crippen molar-refractivity contribution in [2.75, 3.05) is 65.3 Å². The van der Waals surface area contributed by atoms with Crippen LogP contribution in [0.25, 0.3) is 15.9 Å². The number of likely N-dealkylation sites (N-methyl/N-ethyl adjacent to an activating group) is 1. The van der Waals surface area contributed by atoms with Gasteiger partial charge >= 0.3 is 0 Å². The average Bonchev–Trinajstić information content (AvgIpc) is 3.15. The summed E-state index contributed by atoms with van der Waals surface area (Å²) in [7, 11) is 2.19. The minimum absolute atomic E-state index is 0.282. The Kier molecular flexibility index (Phi) is 6.40. The normalized spacial score (nSPS) is 26.1. The number of aromatic nitrogens is 2. The predicted octanol–water partition coefficient (Wildman–Crippen LogP) is 2.51. The van der Waals surface area contributed by atoms with Gasteiger partial charge < -0.3 is 14.6 Å². The summed E-state index contributed by atoms with van der Waals surface area (Å²) in [5.41, 5.74) is 3.54. The molecule has 2 aromatic heterocycles. The third-order valence-corrected chi connectivity index (χ3v) is 7.30. The molecular formula is C23H30N6OS. The van der Waals surface area contributed by atoms with Crippen LogP contribution < -0.4 is 0 Å². The zero-order valence-electron chi connectivity index (χ0n) is 18.0. The number of morpholine rings is 1. The van der Waals surface area contributed by atoms with Crippen LogP contribution in [0.5, 0.6) is 0 Å². The highest BCUT2D eigenvalue weighted by molar-refractivity contribution is 8.08. The van der Waals surface area contributed by atoms with Crippen LogP contribution in [0, 0.1) is 0 Å². The summed E-state index contributed by atoms with van der Waals surface area (Å²) in [5.74, 6) is 1.05. The second kappa shape index (κ2) is 9.56. The Balaban J connectivity index is 1.40. The van der Waals surface area contributed by atoms with Crippen LogP contribution in [0.1, 0.15) is 5.56 Å². The number of fused-ring (bicyclic) bond motifs is 1. The molecule has 164 valence electrons. The molecule has 1 fully saturated rings. The number of nitrogens with one attached hydrogen (secondary N) is 1. The molecule has 0 amide bonds. The van der Waals surface area contributed by atoms with Crippen molar-refractivity contribution in [3.05, 3.63) is 47.9 Å². The number of pyridine rings is 1. The van der Waals surface area contributed by atoms with Gasteiger partial charge in [0.05, 0.1) is 25.9 Å². The van der Waals surface area contributed by atoms with Crippen LogP contribution >= 0.6 is 11.8 Å². The zero-order valence-corrected chi connectivity index (χ0v) is 18.9. The zero-order chi connectivity index (χ0) is 21.0. The molecule has 0 bridgehead atoms. The van der Waals surface area contributed by atoms with E-state index in [-0.39, 0.29) is 6.17 Å². The summed E-state index contributed by atoms with van der Waals surface area (Å²) in [6, 6.07) is 4.25. The van der Waals surface area contributed by atoms with E-state index in [4.69, 9.17) is 9.73 Å². The minimum Gasteiger partial charge on any atom is -0.379 e. The molecule has 8 heteroatoms. The van der Waals surface area contributed by atoms with Gasteiger partial charge in [-0.3, -0.25) is 14.8 Å². The third kappa shape index (κ3) is 4.57. The SMILES string of the molecule is CN1CC=NC/C(N2CC=C(c3ccnc4[nH]ccc34)SCC2)=C\C1N1CCOCC1. The summed E-state index contributed by atoms with van der Waals surface area (Å²) in [6.45, 7) is 7.13. The minimum atomic E-state index is 0.282. The quantitative estimate of drug-likeness (QED) is 0.795. The van der Waals surface area contributed by atoms with Crippen LogP contribution in [0.2, 0.25) is 0 Å². The molecule has 31 heavy (non-hydrogen) atoms. The summed E-state index contributed by atoms with van der Waals surface area (Å²) < 4.78 is 5.59. The first-order valence-corrected chi connectivity index (χ1v) is 12.0. The Hall–Kier alpha value is -2.13. The predicted molar refractivity (Wildman–Crippen MR) is 128 cm³/mol. The van der Waals surface area contributed by atoms with E-state index in [0.29, 0.717) is 0 Å². The highest BCUT2D eigenvalue weighted by Crippen LogP contribution is 2.34. The van der Waals surface area contributed by atoms with Crippen LogP contribution in [-0.4, -0.2) is 102 Å². The van der Waals surface area contributed by atoms with E-state index in [1.807, 2.05) is 24.2 Å². The highest BCUT2D eigenvalue weighted by atomic mass is 32.2. The van der Waals surface area contributed by atoms with Gasteiger partial charge in [0.2, 0.25) is 0 Å². The van der Waals surface area contributed by atoms with E-state index < -0.39 is 0 Å². The van der Waals surface area contributed by atoms with Crippen LogP contribution in [0.15, 0.2) is 47.4 Å². The molecule has 1 unspecified atom stereocenters. The van der Waals surface area contributed by atoms with E-state index in [1.165, 1.54) is 21.6 Å². The van der Waals surface area contributed by atoms with Crippen LogP contribution in [0.4, 0.5) is 0 Å². The Bertz CT molecular complexity index is 993. The van der Waals surface area contributed by atoms with Gasteiger partial charge in [-0.05, 0) is 25.3 Å². The van der Waals surface area contributed by atoms with Crippen LogP contribution in [-0.2, 0) is 4.74 Å². The Labute approximate surface area is 187 Å². The second-order valence-corrected chi connectivity index (χ2v) is 9.28. The lowest BCUT2D eigenvalue weighted by molar-refractivity contribution is -0.00640. The van der Waals surface area contributed by atoms with Crippen molar-refractivity contribution in [3.8, 4) is 0 Å². The number of aromatic amines is 1. The van der Waals surface area contributed by atoms with Crippen molar-refractivity contribution in [1.82, 2.24) is 24.7 Å². The molecular weight excluding hydrogens is 408 g/mol. The maximum Gasteiger partial charge on any atom is 0.137 e. The molecule has 1 saturated heterocycles. The molecule has 0 saturated carbocycles. The van der Waals surface area contributed by atoms with Gasteiger partial charge in [-0.25, -0.2) is 4.98 Å². The topological polar surface area (TPSA) is 60.0 Å². The van der Waals surface area contributed by atoms with E-state index in [0.717, 1.165) is 63.9 Å². The number of thioether (sulfide) groups is 1. The first-order chi connectivity index (χ1) is 15.3. The first kappa shape index (κ1) is 20.8. The van der Waals surface area contributed by atoms with Crippen molar-refractivity contribution in [2.45, 2.75) is 6.17 Å². The van der Waals surface area contributed by atoms with E-state index in [1.54, 1.807) is 0 Å². The number of H-pyrrole nitrogens is 1. The summed E-state index contributed by atoms with van der Waals surface area (Å²) >= 11 is 1.94. The molecule has 5 rings (SSSR count). The van der Waals surface area contributed by atoms with Crippen molar-refractivity contribution < 1.29 is 4.74 Å². The summed E-state index contributed by atoms with van der Waals surface area (Å²) in [4.78, 5) is 21.1. The van der Waals surface area contributed by atoms with E-state index >= 15 is 0 Å². The average molecular weight is 439 g/mol. The molecule has 0 spiro atoms. The Morgan fingerprint density at radius 2 is 2.06 bits per heavy atom. The first-order valence-electron chi connectivity index (χ1n) is 11.0. The van der Waals surface area contributed by atoms with Crippen molar-refractivity contribution in [3.63, 3.8) is 0 Å². The Morgan fingerprint density at radius 3 is 2.97 bits per heavy atom. The van der Waals surface area contributed by atoms with Gasteiger partial charge in [-0.1, -0.05) is 6.08 Å². The van der Waals surface area contributed by atoms with Gasteiger partial charge in [0.25, 0.3) is 0 Å². The van der Waals surface area contributed by atoms with Crippen molar-refractivity contribution >= 4 is 33.9 Å². The number of hydrogen-bond acceptors (Lipinski definition) is 7. The number of hydrogen-bond donors (Lipinski definition) is 1. The maximum atomic E-state index is 5.59. The maximum absolute atomic E-state index is 5.59. The molecule has 0 aliphatic carbocycles. The van der Waals surface area contributed by atoms with Gasteiger partial charge in [-0.15, -0.1) is 11.8 Å². The molecule has 1 atom stereocenters. The molecule has 0 aromatic carbocycles. The Morgan fingerprint density at radius 1 is 1.16 bits per heavy atom. The van der Waals surface area contributed by atoms with E-state index in [9.17, 15) is 0 Å². The fourth-order valence-electron chi connectivity index (χ4n) is 4.47. The number of aliphatic imine (C=N–C) groups is 1. The van der Waals surface area contributed by atoms with Gasteiger partial charge in [0.1, 0.15) is 5.65 Å². The largest absolute Gasteiger partial charge is 0.379 e. The molecule has 0 radical (unpaired) electrons. The lowest BCUT2D eigenvalue weighted by atomic mass is 10.1.